The van der Waals surface area contributed by atoms with Crippen molar-refractivity contribution in [3.63, 3.8) is 0 Å². The number of nitrogens with zero attached hydrogens (tertiary/aromatic N) is 2. The molecule has 0 aliphatic heterocycles. The normalized spacial score (nSPS) is 10.6. The van der Waals surface area contributed by atoms with Crippen molar-refractivity contribution in [2.75, 3.05) is 0 Å². The molecule has 3 nitrogen and oxygen atoms in total. The van der Waals surface area contributed by atoms with Crippen LogP contribution in [0, 0.1) is 20.8 Å². The van der Waals surface area contributed by atoms with Crippen LogP contribution in [0.4, 0.5) is 0 Å². The zero-order chi connectivity index (χ0) is 10.8. The van der Waals surface area contributed by atoms with Crippen LogP contribution < -0.4 is 0 Å². The average molecular weight is 202 g/mol. The molecular formula is C12H14N2O. The van der Waals surface area contributed by atoms with E-state index in [0.717, 1.165) is 0 Å². The summed E-state index contributed by atoms with van der Waals surface area (Å²) in [4.78, 5) is 0. The van der Waals surface area contributed by atoms with Gasteiger partial charge in [0.1, 0.15) is 0 Å². The minimum atomic E-state index is 0.620. The second-order valence-corrected chi connectivity index (χ2v) is 3.89. The summed E-state index contributed by atoms with van der Waals surface area (Å²) in [6.45, 7) is 5.99. The van der Waals surface area contributed by atoms with Gasteiger partial charge in [0.05, 0.1) is 6.42 Å². The number of hydrogen-bond donors (Lipinski definition) is 0. The molecular weight excluding hydrogens is 188 g/mol. The van der Waals surface area contributed by atoms with E-state index in [1.165, 1.54) is 16.7 Å². The van der Waals surface area contributed by atoms with Gasteiger partial charge in [-0.2, -0.15) is 0 Å². The molecule has 0 N–H and O–H groups in total. The van der Waals surface area contributed by atoms with Crippen molar-refractivity contribution in [1.29, 1.82) is 0 Å². The molecule has 2 rings (SSSR count). The molecule has 0 aliphatic rings. The van der Waals surface area contributed by atoms with Crippen molar-refractivity contribution in [3.05, 3.63) is 46.7 Å². The van der Waals surface area contributed by atoms with Crippen molar-refractivity contribution in [1.82, 2.24) is 10.2 Å². The Morgan fingerprint density at radius 1 is 1.00 bits per heavy atom. The molecule has 78 valence electrons. The highest BCUT2D eigenvalue weighted by atomic mass is 16.4. The van der Waals surface area contributed by atoms with Gasteiger partial charge in [0, 0.05) is 6.92 Å². The van der Waals surface area contributed by atoms with Crippen LogP contribution >= 0.6 is 0 Å². The van der Waals surface area contributed by atoms with Gasteiger partial charge in [-0.1, -0.05) is 29.3 Å². The van der Waals surface area contributed by atoms with Crippen molar-refractivity contribution >= 4 is 0 Å². The first kappa shape index (κ1) is 9.90. The van der Waals surface area contributed by atoms with Crippen molar-refractivity contribution < 1.29 is 4.42 Å². The van der Waals surface area contributed by atoms with E-state index in [1.807, 2.05) is 0 Å². The second kappa shape index (κ2) is 3.85. The van der Waals surface area contributed by atoms with E-state index in [1.54, 1.807) is 6.92 Å². The van der Waals surface area contributed by atoms with Crippen LogP contribution in [0.3, 0.4) is 0 Å². The van der Waals surface area contributed by atoms with E-state index >= 15 is 0 Å². The number of hydrogen-bond acceptors (Lipinski definition) is 3. The molecule has 0 aliphatic carbocycles. The van der Waals surface area contributed by atoms with Gasteiger partial charge in [-0.05, 0) is 19.4 Å². The van der Waals surface area contributed by atoms with E-state index < -0.39 is 0 Å². The maximum Gasteiger partial charge on any atom is 0.220 e. The molecule has 15 heavy (non-hydrogen) atoms. The summed E-state index contributed by atoms with van der Waals surface area (Å²) in [6.07, 6.45) is 0.712. The van der Waals surface area contributed by atoms with Crippen molar-refractivity contribution in [2.24, 2.45) is 0 Å². The highest BCUT2D eigenvalue weighted by Gasteiger charge is 2.04. The molecule has 0 bridgehead atoms. The van der Waals surface area contributed by atoms with Gasteiger partial charge in [0.15, 0.2) is 0 Å². The van der Waals surface area contributed by atoms with Gasteiger partial charge in [0.25, 0.3) is 0 Å². The summed E-state index contributed by atoms with van der Waals surface area (Å²) in [6, 6.07) is 6.45. The monoisotopic (exact) mass is 202 g/mol. The largest absolute Gasteiger partial charge is 0.425 e. The quantitative estimate of drug-likeness (QED) is 0.751. The minimum Gasteiger partial charge on any atom is -0.425 e. The fourth-order valence-electron chi connectivity index (χ4n) is 1.75. The molecule has 1 aromatic heterocycles. The number of rotatable bonds is 2. The fourth-order valence-corrected chi connectivity index (χ4v) is 1.75. The molecule has 0 fully saturated rings. The van der Waals surface area contributed by atoms with Gasteiger partial charge in [-0.25, -0.2) is 0 Å². The fraction of sp³-hybridized carbons (Fsp3) is 0.333. The Labute approximate surface area is 89.2 Å². The van der Waals surface area contributed by atoms with E-state index in [-0.39, 0.29) is 0 Å². The lowest BCUT2D eigenvalue weighted by Crippen LogP contribution is -1.90. The van der Waals surface area contributed by atoms with Gasteiger partial charge < -0.3 is 4.42 Å². The Kier molecular flexibility index (Phi) is 2.54. The molecule has 0 atom stereocenters. The standard InChI is InChI=1S/C12H14N2O/c1-8-4-9(2)6-11(5-8)7-12-14-13-10(3)15-12/h4-6H,7H2,1-3H3. The molecule has 2 aromatic rings. The molecule has 0 saturated carbocycles. The predicted octanol–water partition coefficient (Wildman–Crippen LogP) is 2.59. The number of aryl methyl sites for hydroxylation is 3. The average Bonchev–Trinajstić information content (AvgIpc) is 2.49. The van der Waals surface area contributed by atoms with Crippen LogP contribution in [0.2, 0.25) is 0 Å². The maximum absolute atomic E-state index is 5.34. The van der Waals surface area contributed by atoms with E-state index in [9.17, 15) is 0 Å². The third-order valence-electron chi connectivity index (χ3n) is 2.20. The van der Waals surface area contributed by atoms with Gasteiger partial charge >= 0.3 is 0 Å². The third kappa shape index (κ3) is 2.43. The highest BCUT2D eigenvalue weighted by molar-refractivity contribution is 5.29. The predicted molar refractivity (Wildman–Crippen MR) is 57.8 cm³/mol. The Balaban J connectivity index is 2.24. The topological polar surface area (TPSA) is 38.9 Å². The zero-order valence-electron chi connectivity index (χ0n) is 9.24. The highest BCUT2D eigenvalue weighted by Crippen LogP contribution is 2.12. The molecule has 1 heterocycles. The molecule has 3 heteroatoms. The Bertz CT molecular complexity index is 454. The Morgan fingerprint density at radius 3 is 2.20 bits per heavy atom. The minimum absolute atomic E-state index is 0.620. The molecule has 0 amide bonds. The SMILES string of the molecule is Cc1cc(C)cc(Cc2nnc(C)o2)c1. The molecule has 1 aromatic carbocycles. The van der Waals surface area contributed by atoms with Crippen LogP contribution in [0.1, 0.15) is 28.5 Å². The third-order valence-corrected chi connectivity index (χ3v) is 2.20. The van der Waals surface area contributed by atoms with Crippen LogP contribution in [0.15, 0.2) is 22.6 Å². The van der Waals surface area contributed by atoms with Crippen LogP contribution in [-0.2, 0) is 6.42 Å². The van der Waals surface area contributed by atoms with Crippen molar-refractivity contribution in [3.8, 4) is 0 Å². The summed E-state index contributed by atoms with van der Waals surface area (Å²) < 4.78 is 5.34. The lowest BCUT2D eigenvalue weighted by atomic mass is 10.1. The summed E-state index contributed by atoms with van der Waals surface area (Å²) in [7, 11) is 0. The number of aromatic nitrogens is 2. The van der Waals surface area contributed by atoms with Crippen LogP contribution in [0.25, 0.3) is 0 Å². The molecule has 0 saturated heterocycles. The first-order chi connectivity index (χ1) is 7.13. The van der Waals surface area contributed by atoms with Crippen LogP contribution in [-0.4, -0.2) is 10.2 Å². The summed E-state index contributed by atoms with van der Waals surface area (Å²) in [5.41, 5.74) is 3.75. The summed E-state index contributed by atoms with van der Waals surface area (Å²) in [5.74, 6) is 1.30. The van der Waals surface area contributed by atoms with E-state index in [2.05, 4.69) is 42.2 Å². The first-order valence-corrected chi connectivity index (χ1v) is 4.99. The number of benzene rings is 1. The Hall–Kier alpha value is -1.64. The summed E-state index contributed by atoms with van der Waals surface area (Å²) in [5, 5.41) is 7.79. The summed E-state index contributed by atoms with van der Waals surface area (Å²) >= 11 is 0. The van der Waals surface area contributed by atoms with Gasteiger partial charge in [-0.15, -0.1) is 10.2 Å². The Morgan fingerprint density at radius 2 is 1.67 bits per heavy atom. The smallest absolute Gasteiger partial charge is 0.220 e. The van der Waals surface area contributed by atoms with E-state index in [4.69, 9.17) is 4.42 Å². The van der Waals surface area contributed by atoms with E-state index in [0.29, 0.717) is 18.2 Å². The van der Waals surface area contributed by atoms with Gasteiger partial charge in [0.2, 0.25) is 11.8 Å². The zero-order valence-corrected chi connectivity index (χ0v) is 9.24. The lowest BCUT2D eigenvalue weighted by molar-refractivity contribution is 0.477. The van der Waals surface area contributed by atoms with Crippen LogP contribution in [0.5, 0.6) is 0 Å². The molecule has 0 radical (unpaired) electrons. The molecule has 0 unspecified atom stereocenters. The maximum atomic E-state index is 5.34. The lowest BCUT2D eigenvalue weighted by Gasteiger charge is -2.01. The molecule has 0 spiro atoms. The van der Waals surface area contributed by atoms with Gasteiger partial charge in [-0.3, -0.25) is 0 Å². The first-order valence-electron chi connectivity index (χ1n) is 4.99. The second-order valence-electron chi connectivity index (χ2n) is 3.89. The van der Waals surface area contributed by atoms with Crippen molar-refractivity contribution in [2.45, 2.75) is 27.2 Å².